The van der Waals surface area contributed by atoms with Crippen LogP contribution in [0.15, 0.2) is 24.3 Å². The molecule has 19 heavy (non-hydrogen) atoms. The number of morpholine rings is 1. The highest BCUT2D eigenvalue weighted by Crippen LogP contribution is 2.14. The molecule has 5 heteroatoms. The maximum Gasteiger partial charge on any atom is 0.225 e. The third-order valence-electron chi connectivity index (χ3n) is 3.27. The summed E-state index contributed by atoms with van der Waals surface area (Å²) in [6.45, 7) is 4.55. The lowest BCUT2D eigenvalue weighted by Gasteiger charge is -2.26. The maximum absolute atomic E-state index is 11.9. The highest BCUT2D eigenvalue weighted by molar-refractivity contribution is 5.91. The number of nitrogens with zero attached hydrogens (tertiary/aromatic N) is 1. The minimum atomic E-state index is 0.0346. The van der Waals surface area contributed by atoms with Gasteiger partial charge in [-0.3, -0.25) is 9.69 Å². The van der Waals surface area contributed by atoms with E-state index in [1.54, 1.807) is 0 Å². The molecule has 5 nitrogen and oxygen atoms in total. The predicted octanol–water partition coefficient (Wildman–Crippen LogP) is 0.806. The Labute approximate surface area is 113 Å². The summed E-state index contributed by atoms with van der Waals surface area (Å²) in [5, 5.41) is 2.92. The van der Waals surface area contributed by atoms with Gasteiger partial charge < -0.3 is 15.8 Å². The summed E-state index contributed by atoms with van der Waals surface area (Å²) in [5.41, 5.74) is 7.42. The first-order valence-corrected chi connectivity index (χ1v) is 6.67. The molecule has 104 valence electrons. The minimum absolute atomic E-state index is 0.0346. The van der Waals surface area contributed by atoms with Crippen LogP contribution in [0.1, 0.15) is 12.0 Å². The van der Waals surface area contributed by atoms with Crippen LogP contribution >= 0.6 is 0 Å². The van der Waals surface area contributed by atoms with Gasteiger partial charge in [-0.25, -0.2) is 0 Å². The van der Waals surface area contributed by atoms with Crippen molar-refractivity contribution in [1.29, 1.82) is 0 Å². The smallest absolute Gasteiger partial charge is 0.225 e. The van der Waals surface area contributed by atoms with E-state index in [1.165, 1.54) is 0 Å². The quantitative estimate of drug-likeness (QED) is 0.825. The van der Waals surface area contributed by atoms with Gasteiger partial charge in [0.15, 0.2) is 0 Å². The highest BCUT2D eigenvalue weighted by Gasteiger charge is 2.12. The largest absolute Gasteiger partial charge is 0.379 e. The van der Waals surface area contributed by atoms with Crippen molar-refractivity contribution in [1.82, 2.24) is 4.90 Å². The van der Waals surface area contributed by atoms with Gasteiger partial charge in [-0.15, -0.1) is 0 Å². The van der Waals surface area contributed by atoms with E-state index in [-0.39, 0.29) is 5.91 Å². The van der Waals surface area contributed by atoms with Crippen LogP contribution in [0.2, 0.25) is 0 Å². The van der Waals surface area contributed by atoms with E-state index >= 15 is 0 Å². The number of anilines is 1. The van der Waals surface area contributed by atoms with Crippen molar-refractivity contribution >= 4 is 11.6 Å². The molecule has 1 aromatic carbocycles. The molecule has 0 radical (unpaired) electrons. The molecule has 1 fully saturated rings. The first-order chi connectivity index (χ1) is 9.29. The van der Waals surface area contributed by atoms with E-state index < -0.39 is 0 Å². The average Bonchev–Trinajstić information content (AvgIpc) is 2.47. The van der Waals surface area contributed by atoms with Gasteiger partial charge in [0.1, 0.15) is 0 Å². The fourth-order valence-electron chi connectivity index (χ4n) is 2.12. The summed E-state index contributed by atoms with van der Waals surface area (Å²) in [7, 11) is 0. The molecule has 0 unspecified atom stereocenters. The lowest BCUT2D eigenvalue weighted by atomic mass is 10.1. The summed E-state index contributed by atoms with van der Waals surface area (Å²) in [6, 6.07) is 7.63. The Kier molecular flexibility index (Phi) is 5.32. The molecule has 0 saturated carbocycles. The second-order valence-electron chi connectivity index (χ2n) is 4.61. The Hall–Kier alpha value is -1.43. The van der Waals surface area contributed by atoms with Crippen LogP contribution in [-0.2, 0) is 16.1 Å². The number of hydrogen-bond acceptors (Lipinski definition) is 4. The molecule has 1 saturated heterocycles. The van der Waals surface area contributed by atoms with E-state index in [0.717, 1.165) is 44.1 Å². The van der Waals surface area contributed by atoms with Crippen molar-refractivity contribution < 1.29 is 9.53 Å². The van der Waals surface area contributed by atoms with Crippen LogP contribution in [0.4, 0.5) is 5.69 Å². The van der Waals surface area contributed by atoms with Crippen LogP contribution in [-0.4, -0.2) is 43.7 Å². The zero-order valence-corrected chi connectivity index (χ0v) is 11.1. The minimum Gasteiger partial charge on any atom is -0.379 e. The number of ether oxygens (including phenoxy) is 1. The molecule has 0 atom stereocenters. The molecule has 0 aromatic heterocycles. The van der Waals surface area contributed by atoms with Gasteiger partial charge >= 0.3 is 0 Å². The number of amides is 1. The summed E-state index contributed by atoms with van der Waals surface area (Å²) >= 11 is 0. The van der Waals surface area contributed by atoms with E-state index in [9.17, 15) is 4.79 Å². The number of benzene rings is 1. The first-order valence-electron chi connectivity index (χ1n) is 6.67. The van der Waals surface area contributed by atoms with Gasteiger partial charge in [0.25, 0.3) is 0 Å². The Morgan fingerprint density at radius 2 is 2.05 bits per heavy atom. The van der Waals surface area contributed by atoms with Crippen molar-refractivity contribution in [2.24, 2.45) is 5.73 Å². The molecular formula is C14H21N3O2. The maximum atomic E-state index is 11.9. The molecular weight excluding hydrogens is 242 g/mol. The zero-order valence-electron chi connectivity index (χ0n) is 11.1. The Morgan fingerprint density at radius 1 is 1.32 bits per heavy atom. The zero-order chi connectivity index (χ0) is 13.5. The number of hydrogen-bond donors (Lipinski definition) is 2. The van der Waals surface area contributed by atoms with E-state index in [2.05, 4.69) is 10.2 Å². The van der Waals surface area contributed by atoms with Crippen LogP contribution in [0, 0.1) is 0 Å². The fraction of sp³-hybridized carbons (Fsp3) is 0.500. The fourth-order valence-corrected chi connectivity index (χ4v) is 2.12. The van der Waals surface area contributed by atoms with Crippen molar-refractivity contribution in [2.45, 2.75) is 13.0 Å². The Balaban J connectivity index is 1.80. The van der Waals surface area contributed by atoms with Crippen LogP contribution in [0.5, 0.6) is 0 Å². The summed E-state index contributed by atoms with van der Waals surface area (Å²) in [6.07, 6.45) is 0.499. The Morgan fingerprint density at radius 3 is 2.79 bits per heavy atom. The lowest BCUT2D eigenvalue weighted by Crippen LogP contribution is -2.38. The molecule has 2 rings (SSSR count). The number of rotatable bonds is 5. The molecule has 0 spiro atoms. The second kappa shape index (κ2) is 7.23. The van der Waals surface area contributed by atoms with Gasteiger partial charge in [0.05, 0.1) is 13.2 Å². The van der Waals surface area contributed by atoms with Gasteiger partial charge in [0, 0.05) is 38.3 Å². The molecule has 1 aromatic rings. The molecule has 0 bridgehead atoms. The topological polar surface area (TPSA) is 67.6 Å². The van der Waals surface area contributed by atoms with Gasteiger partial charge in [0.2, 0.25) is 5.91 Å². The second-order valence-corrected chi connectivity index (χ2v) is 4.61. The third-order valence-corrected chi connectivity index (χ3v) is 3.27. The average molecular weight is 263 g/mol. The Bertz CT molecular complexity index is 417. The highest BCUT2D eigenvalue weighted by atomic mass is 16.5. The molecule has 0 aliphatic carbocycles. The SMILES string of the molecule is NCc1ccccc1NC(=O)CCN1CCOCC1. The van der Waals surface area contributed by atoms with Crippen molar-refractivity contribution in [3.05, 3.63) is 29.8 Å². The molecule has 1 aliphatic rings. The van der Waals surface area contributed by atoms with Gasteiger partial charge in [-0.2, -0.15) is 0 Å². The molecule has 1 heterocycles. The summed E-state index contributed by atoms with van der Waals surface area (Å²) < 4.78 is 5.28. The lowest BCUT2D eigenvalue weighted by molar-refractivity contribution is -0.116. The van der Waals surface area contributed by atoms with E-state index in [4.69, 9.17) is 10.5 Å². The number of carbonyl (C=O) groups excluding carboxylic acids is 1. The van der Waals surface area contributed by atoms with Crippen LogP contribution < -0.4 is 11.1 Å². The molecule has 1 amide bonds. The normalized spacial score (nSPS) is 16.3. The van der Waals surface area contributed by atoms with E-state index in [1.807, 2.05) is 24.3 Å². The van der Waals surface area contributed by atoms with Crippen molar-refractivity contribution in [3.8, 4) is 0 Å². The third kappa shape index (κ3) is 4.31. The number of nitrogens with one attached hydrogen (secondary N) is 1. The number of nitrogens with two attached hydrogens (primary N) is 1. The van der Waals surface area contributed by atoms with Gasteiger partial charge in [-0.1, -0.05) is 18.2 Å². The van der Waals surface area contributed by atoms with Crippen LogP contribution in [0.25, 0.3) is 0 Å². The van der Waals surface area contributed by atoms with Crippen molar-refractivity contribution in [2.75, 3.05) is 38.2 Å². The summed E-state index contributed by atoms with van der Waals surface area (Å²) in [5.74, 6) is 0.0346. The standard InChI is InChI=1S/C14H21N3O2/c15-11-12-3-1-2-4-13(12)16-14(18)5-6-17-7-9-19-10-8-17/h1-4H,5-11,15H2,(H,16,18). The van der Waals surface area contributed by atoms with Crippen LogP contribution in [0.3, 0.4) is 0 Å². The molecule has 3 N–H and O–H groups in total. The first kappa shape index (κ1) is 14.0. The van der Waals surface area contributed by atoms with Crippen molar-refractivity contribution in [3.63, 3.8) is 0 Å². The summed E-state index contributed by atoms with van der Waals surface area (Å²) in [4.78, 5) is 14.2. The number of carbonyl (C=O) groups is 1. The predicted molar refractivity (Wildman–Crippen MR) is 74.8 cm³/mol. The van der Waals surface area contributed by atoms with E-state index in [0.29, 0.717) is 13.0 Å². The van der Waals surface area contributed by atoms with Gasteiger partial charge in [-0.05, 0) is 11.6 Å². The number of para-hydroxylation sites is 1. The molecule has 1 aliphatic heterocycles. The monoisotopic (exact) mass is 263 g/mol.